The molecular formula is C21H26N4O2. The minimum atomic E-state index is -0.129. The summed E-state index contributed by atoms with van der Waals surface area (Å²) < 4.78 is 5.93. The van der Waals surface area contributed by atoms with E-state index < -0.39 is 0 Å². The monoisotopic (exact) mass is 366 g/mol. The first-order chi connectivity index (χ1) is 13.1. The van der Waals surface area contributed by atoms with Gasteiger partial charge < -0.3 is 9.32 Å². The van der Waals surface area contributed by atoms with Crippen molar-refractivity contribution in [3.05, 3.63) is 47.7 Å². The van der Waals surface area contributed by atoms with Crippen molar-refractivity contribution in [3.63, 3.8) is 0 Å². The van der Waals surface area contributed by atoms with Crippen LogP contribution in [0.25, 0.3) is 0 Å². The second-order valence-corrected chi connectivity index (χ2v) is 8.44. The van der Waals surface area contributed by atoms with Gasteiger partial charge in [0.25, 0.3) is 0 Å². The molecule has 0 bridgehead atoms. The molecule has 0 unspecified atom stereocenters. The van der Waals surface area contributed by atoms with Gasteiger partial charge in [0, 0.05) is 51.5 Å². The number of hydrogen-bond acceptors (Lipinski definition) is 5. The van der Waals surface area contributed by atoms with E-state index in [4.69, 9.17) is 4.42 Å². The molecule has 2 aromatic rings. The molecule has 3 fully saturated rings. The van der Waals surface area contributed by atoms with Crippen LogP contribution in [-0.2, 0) is 16.8 Å². The number of amides is 1. The molecule has 1 aromatic carbocycles. The average molecular weight is 366 g/mol. The van der Waals surface area contributed by atoms with Crippen LogP contribution >= 0.6 is 0 Å². The van der Waals surface area contributed by atoms with Crippen molar-refractivity contribution in [1.29, 1.82) is 0 Å². The third kappa shape index (κ3) is 3.06. The van der Waals surface area contributed by atoms with Crippen molar-refractivity contribution in [2.75, 3.05) is 26.2 Å². The van der Waals surface area contributed by atoms with Crippen LogP contribution in [-0.4, -0.2) is 52.1 Å². The maximum atomic E-state index is 12.6. The van der Waals surface area contributed by atoms with Gasteiger partial charge in [-0.25, -0.2) is 0 Å². The molecule has 2 aliphatic heterocycles. The van der Waals surface area contributed by atoms with Crippen LogP contribution < -0.4 is 0 Å². The van der Waals surface area contributed by atoms with Gasteiger partial charge in [-0.1, -0.05) is 30.3 Å². The standard InChI is InChI=1S/C21H26N4O2/c1-15-22-23-20(27-15)21-9-10-25(19(26)17-7-8-17)13-18(21)12-24(14-21)11-16-5-3-2-4-6-16/h2-6,17-18H,7-14H2,1H3/t18-,21+/m1/s1. The SMILES string of the molecule is Cc1nnc([C@]23CCN(C(=O)C4CC4)C[C@H]2CN(Cc2ccccc2)C3)o1. The fourth-order valence-corrected chi connectivity index (χ4v) is 4.88. The summed E-state index contributed by atoms with van der Waals surface area (Å²) in [6.45, 7) is 6.26. The van der Waals surface area contributed by atoms with Gasteiger partial charge in [-0.3, -0.25) is 9.69 Å². The van der Waals surface area contributed by atoms with E-state index in [1.165, 1.54) is 5.56 Å². The maximum Gasteiger partial charge on any atom is 0.225 e. The zero-order valence-electron chi connectivity index (χ0n) is 15.8. The molecule has 0 spiro atoms. The van der Waals surface area contributed by atoms with Crippen LogP contribution in [0.1, 0.15) is 36.6 Å². The molecule has 27 heavy (non-hydrogen) atoms. The first-order valence-corrected chi connectivity index (χ1v) is 10.00. The second-order valence-electron chi connectivity index (χ2n) is 8.44. The van der Waals surface area contributed by atoms with Crippen molar-refractivity contribution in [2.24, 2.45) is 11.8 Å². The van der Waals surface area contributed by atoms with Crippen LogP contribution in [0.3, 0.4) is 0 Å². The van der Waals surface area contributed by atoms with Gasteiger partial charge in [0.2, 0.25) is 17.7 Å². The number of aryl methyl sites for hydroxylation is 1. The number of aromatic nitrogens is 2. The highest BCUT2D eigenvalue weighted by molar-refractivity contribution is 5.81. The van der Waals surface area contributed by atoms with E-state index in [0.717, 1.165) is 57.9 Å². The zero-order valence-corrected chi connectivity index (χ0v) is 15.8. The molecule has 5 rings (SSSR count). The number of likely N-dealkylation sites (tertiary alicyclic amines) is 2. The van der Waals surface area contributed by atoms with E-state index >= 15 is 0 Å². The molecule has 3 aliphatic rings. The van der Waals surface area contributed by atoms with Gasteiger partial charge in [-0.05, 0) is 24.8 Å². The zero-order chi connectivity index (χ0) is 18.4. The molecule has 0 N–H and O–H groups in total. The van der Waals surface area contributed by atoms with E-state index in [0.29, 0.717) is 17.7 Å². The van der Waals surface area contributed by atoms with E-state index in [1.807, 2.05) is 6.92 Å². The molecule has 3 heterocycles. The highest BCUT2D eigenvalue weighted by atomic mass is 16.4. The Balaban J connectivity index is 1.40. The second kappa shape index (κ2) is 6.44. The molecular weight excluding hydrogens is 340 g/mol. The number of fused-ring (bicyclic) bond motifs is 1. The summed E-state index contributed by atoms with van der Waals surface area (Å²) in [4.78, 5) is 17.2. The molecule has 2 saturated heterocycles. The molecule has 0 radical (unpaired) electrons. The Labute approximate surface area is 159 Å². The lowest BCUT2D eigenvalue weighted by Gasteiger charge is -2.41. The Morgan fingerprint density at radius 3 is 2.74 bits per heavy atom. The molecule has 1 saturated carbocycles. The van der Waals surface area contributed by atoms with Crippen molar-refractivity contribution >= 4 is 5.91 Å². The van der Waals surface area contributed by atoms with Crippen molar-refractivity contribution in [2.45, 2.75) is 38.1 Å². The first kappa shape index (κ1) is 16.9. The largest absolute Gasteiger partial charge is 0.425 e. The Bertz CT molecular complexity index is 832. The molecule has 1 aliphatic carbocycles. The van der Waals surface area contributed by atoms with E-state index in [1.54, 1.807) is 0 Å². The van der Waals surface area contributed by atoms with Crippen molar-refractivity contribution in [3.8, 4) is 0 Å². The lowest BCUT2D eigenvalue weighted by molar-refractivity contribution is -0.135. The number of rotatable bonds is 4. The minimum Gasteiger partial charge on any atom is -0.425 e. The molecule has 6 nitrogen and oxygen atoms in total. The highest BCUT2D eigenvalue weighted by Crippen LogP contribution is 2.46. The van der Waals surface area contributed by atoms with Crippen LogP contribution in [0.2, 0.25) is 0 Å². The number of piperidine rings is 1. The quantitative estimate of drug-likeness (QED) is 0.831. The van der Waals surface area contributed by atoms with Gasteiger partial charge in [-0.2, -0.15) is 0 Å². The Morgan fingerprint density at radius 1 is 1.22 bits per heavy atom. The summed E-state index contributed by atoms with van der Waals surface area (Å²) in [7, 11) is 0. The number of benzene rings is 1. The van der Waals surface area contributed by atoms with Crippen LogP contribution in [0.4, 0.5) is 0 Å². The Morgan fingerprint density at radius 2 is 2.04 bits per heavy atom. The normalized spacial score (nSPS) is 28.3. The van der Waals surface area contributed by atoms with Gasteiger partial charge in [0.15, 0.2) is 0 Å². The third-order valence-electron chi connectivity index (χ3n) is 6.47. The fourth-order valence-electron chi connectivity index (χ4n) is 4.88. The predicted molar refractivity (Wildman–Crippen MR) is 99.8 cm³/mol. The minimum absolute atomic E-state index is 0.129. The first-order valence-electron chi connectivity index (χ1n) is 10.00. The smallest absolute Gasteiger partial charge is 0.225 e. The topological polar surface area (TPSA) is 62.5 Å². The van der Waals surface area contributed by atoms with Gasteiger partial charge in [-0.15, -0.1) is 10.2 Å². The van der Waals surface area contributed by atoms with Crippen molar-refractivity contribution < 1.29 is 9.21 Å². The molecule has 142 valence electrons. The summed E-state index contributed by atoms with van der Waals surface area (Å²) in [5, 5.41) is 8.52. The van der Waals surface area contributed by atoms with Crippen molar-refractivity contribution in [1.82, 2.24) is 20.0 Å². The van der Waals surface area contributed by atoms with Gasteiger partial charge >= 0.3 is 0 Å². The lowest BCUT2D eigenvalue weighted by Crippen LogP contribution is -2.51. The molecule has 1 amide bonds. The molecule has 2 atom stereocenters. The van der Waals surface area contributed by atoms with E-state index in [2.05, 4.69) is 50.3 Å². The third-order valence-corrected chi connectivity index (χ3v) is 6.47. The molecule has 6 heteroatoms. The summed E-state index contributed by atoms with van der Waals surface area (Å²) >= 11 is 0. The van der Waals surface area contributed by atoms with E-state index in [-0.39, 0.29) is 11.3 Å². The average Bonchev–Trinajstić information content (AvgIpc) is 3.33. The van der Waals surface area contributed by atoms with Crippen LogP contribution in [0.5, 0.6) is 0 Å². The highest BCUT2D eigenvalue weighted by Gasteiger charge is 2.54. The lowest BCUT2D eigenvalue weighted by atomic mass is 9.72. The predicted octanol–water partition coefficient (Wildman–Crippen LogP) is 2.39. The summed E-state index contributed by atoms with van der Waals surface area (Å²) in [6.07, 6.45) is 3.03. The number of carbonyl (C=O) groups excluding carboxylic acids is 1. The number of carbonyl (C=O) groups is 1. The fraction of sp³-hybridized carbons (Fsp3) is 0.571. The van der Waals surface area contributed by atoms with E-state index in [9.17, 15) is 4.79 Å². The number of nitrogens with zero attached hydrogens (tertiary/aromatic N) is 4. The number of hydrogen-bond donors (Lipinski definition) is 0. The van der Waals surface area contributed by atoms with Gasteiger partial charge in [0.1, 0.15) is 0 Å². The maximum absolute atomic E-state index is 12.6. The van der Waals surface area contributed by atoms with Crippen LogP contribution in [0.15, 0.2) is 34.7 Å². The summed E-state index contributed by atoms with van der Waals surface area (Å²) in [5.74, 6) is 2.37. The molecule has 1 aromatic heterocycles. The Hall–Kier alpha value is -2.21. The summed E-state index contributed by atoms with van der Waals surface area (Å²) in [5.41, 5.74) is 1.19. The summed E-state index contributed by atoms with van der Waals surface area (Å²) in [6, 6.07) is 10.6. The van der Waals surface area contributed by atoms with Gasteiger partial charge in [0.05, 0.1) is 5.41 Å². The van der Waals surface area contributed by atoms with Crippen LogP contribution in [0, 0.1) is 18.8 Å². The Kier molecular flexibility index (Phi) is 4.04.